The topological polar surface area (TPSA) is 44.1 Å². The summed E-state index contributed by atoms with van der Waals surface area (Å²) in [7, 11) is 1.39. The second-order valence-corrected chi connectivity index (χ2v) is 6.00. The maximum Gasteiger partial charge on any atom is 0.337 e. The van der Waals surface area contributed by atoms with Crippen LogP contribution in [0, 0.1) is 0 Å². The molecule has 1 heterocycles. The Hall–Kier alpha value is -2.40. The Labute approximate surface area is 142 Å². The highest BCUT2D eigenvalue weighted by Gasteiger charge is 2.09. The van der Waals surface area contributed by atoms with Crippen molar-refractivity contribution in [3.63, 3.8) is 0 Å². The van der Waals surface area contributed by atoms with E-state index >= 15 is 0 Å². The number of halogens is 1. The Kier molecular flexibility index (Phi) is 4.57. The van der Waals surface area contributed by atoms with Gasteiger partial charge in [0.05, 0.1) is 12.7 Å². The second kappa shape index (κ2) is 6.79. The van der Waals surface area contributed by atoms with Crippen molar-refractivity contribution < 1.29 is 9.53 Å². The lowest BCUT2D eigenvalue weighted by atomic mass is 10.1. The minimum absolute atomic E-state index is 0.329. The van der Waals surface area contributed by atoms with Gasteiger partial charge in [0.15, 0.2) is 0 Å². The molecule has 0 saturated carbocycles. The number of hydrogen-bond donors (Lipinski definition) is 0. The van der Waals surface area contributed by atoms with E-state index in [4.69, 9.17) is 4.74 Å². The average molecular weight is 371 g/mol. The molecule has 0 fully saturated rings. The molecule has 0 spiro atoms. The molecule has 0 atom stereocenters. The number of rotatable bonds is 4. The molecule has 0 aliphatic carbocycles. The smallest absolute Gasteiger partial charge is 0.337 e. The van der Waals surface area contributed by atoms with E-state index < -0.39 is 0 Å². The highest BCUT2D eigenvalue weighted by atomic mass is 79.9. The van der Waals surface area contributed by atoms with Crippen LogP contribution in [0.25, 0.3) is 11.4 Å². The molecule has 3 rings (SSSR count). The number of carbonyl (C=O) groups excluding carboxylic acids is 1. The third-order valence-electron chi connectivity index (χ3n) is 3.50. The molecule has 0 N–H and O–H groups in total. The predicted octanol–water partition coefficient (Wildman–Crippen LogP) is 4.15. The summed E-state index contributed by atoms with van der Waals surface area (Å²) in [5.41, 5.74) is 2.60. The standard InChI is InChI=1S/C18H15BrN2O2/c1-23-18(22)15-6-2-4-13(10-15)12-21-9-8-20-17(21)14-5-3-7-16(19)11-14/h2-11H,12H2,1H3. The molecule has 0 bridgehead atoms. The molecule has 4 nitrogen and oxygen atoms in total. The lowest BCUT2D eigenvalue weighted by Crippen LogP contribution is -2.05. The fraction of sp³-hybridized carbons (Fsp3) is 0.111. The first-order valence-corrected chi connectivity index (χ1v) is 7.91. The van der Waals surface area contributed by atoms with E-state index in [0.29, 0.717) is 12.1 Å². The van der Waals surface area contributed by atoms with E-state index in [1.165, 1.54) is 7.11 Å². The minimum atomic E-state index is -0.329. The number of hydrogen-bond acceptors (Lipinski definition) is 3. The molecule has 0 amide bonds. The number of imidazole rings is 1. The summed E-state index contributed by atoms with van der Waals surface area (Å²) in [4.78, 5) is 16.1. The van der Waals surface area contributed by atoms with E-state index in [2.05, 4.69) is 25.5 Å². The zero-order valence-electron chi connectivity index (χ0n) is 12.6. The maximum absolute atomic E-state index is 11.6. The molecule has 0 aliphatic rings. The molecule has 5 heteroatoms. The summed E-state index contributed by atoms with van der Waals surface area (Å²) in [5.74, 6) is 0.555. The zero-order valence-corrected chi connectivity index (χ0v) is 14.2. The van der Waals surface area contributed by atoms with Gasteiger partial charge in [0, 0.05) is 29.0 Å². The van der Waals surface area contributed by atoms with Crippen LogP contribution in [0.3, 0.4) is 0 Å². The van der Waals surface area contributed by atoms with Gasteiger partial charge in [-0.05, 0) is 29.8 Å². The molecule has 23 heavy (non-hydrogen) atoms. The average Bonchev–Trinajstić information content (AvgIpc) is 3.02. The van der Waals surface area contributed by atoms with Crippen molar-refractivity contribution in [3.05, 3.63) is 76.5 Å². The van der Waals surface area contributed by atoms with E-state index in [-0.39, 0.29) is 5.97 Å². The van der Waals surface area contributed by atoms with Gasteiger partial charge in [-0.25, -0.2) is 9.78 Å². The summed E-state index contributed by atoms with van der Waals surface area (Å²) < 4.78 is 7.83. The number of aromatic nitrogens is 2. The Morgan fingerprint density at radius 2 is 2.04 bits per heavy atom. The van der Waals surface area contributed by atoms with Gasteiger partial charge in [-0.3, -0.25) is 0 Å². The second-order valence-electron chi connectivity index (χ2n) is 5.08. The monoisotopic (exact) mass is 370 g/mol. The molecule has 116 valence electrons. The van der Waals surface area contributed by atoms with Gasteiger partial charge in [-0.2, -0.15) is 0 Å². The van der Waals surface area contributed by atoms with Crippen molar-refractivity contribution in [2.75, 3.05) is 7.11 Å². The number of carbonyl (C=O) groups is 1. The SMILES string of the molecule is COC(=O)c1cccc(Cn2ccnc2-c2cccc(Br)c2)c1. The normalized spacial score (nSPS) is 10.5. The lowest BCUT2D eigenvalue weighted by molar-refractivity contribution is 0.0600. The van der Waals surface area contributed by atoms with Crippen LogP contribution in [0.5, 0.6) is 0 Å². The van der Waals surface area contributed by atoms with Gasteiger partial charge in [0.2, 0.25) is 0 Å². The van der Waals surface area contributed by atoms with Gasteiger partial charge in [-0.15, -0.1) is 0 Å². The van der Waals surface area contributed by atoms with Crippen LogP contribution in [-0.2, 0) is 11.3 Å². The maximum atomic E-state index is 11.6. The number of benzene rings is 2. The highest BCUT2D eigenvalue weighted by molar-refractivity contribution is 9.10. The summed E-state index contributed by atoms with van der Waals surface area (Å²) in [6, 6.07) is 15.5. The quantitative estimate of drug-likeness (QED) is 0.648. The van der Waals surface area contributed by atoms with Crippen molar-refractivity contribution in [1.29, 1.82) is 0 Å². The van der Waals surface area contributed by atoms with Gasteiger partial charge in [0.25, 0.3) is 0 Å². The largest absolute Gasteiger partial charge is 0.465 e. The molecule has 0 radical (unpaired) electrons. The summed E-state index contributed by atoms with van der Waals surface area (Å²) in [6.07, 6.45) is 3.71. The molecule has 0 saturated heterocycles. The fourth-order valence-corrected chi connectivity index (χ4v) is 2.84. The highest BCUT2D eigenvalue weighted by Crippen LogP contribution is 2.22. The van der Waals surface area contributed by atoms with Crippen LogP contribution >= 0.6 is 15.9 Å². The molecular weight excluding hydrogens is 356 g/mol. The number of esters is 1. The van der Waals surface area contributed by atoms with Gasteiger partial charge < -0.3 is 9.30 Å². The van der Waals surface area contributed by atoms with Crippen LogP contribution < -0.4 is 0 Å². The molecule has 2 aromatic carbocycles. The van der Waals surface area contributed by atoms with Crippen molar-refractivity contribution in [2.45, 2.75) is 6.54 Å². The molecular formula is C18H15BrN2O2. The van der Waals surface area contributed by atoms with Crippen LogP contribution in [-0.4, -0.2) is 22.6 Å². The Morgan fingerprint density at radius 3 is 2.83 bits per heavy atom. The first-order valence-electron chi connectivity index (χ1n) is 7.11. The molecule has 1 aromatic heterocycles. The molecule has 0 unspecified atom stereocenters. The fourth-order valence-electron chi connectivity index (χ4n) is 2.44. The number of ether oxygens (including phenoxy) is 1. The summed E-state index contributed by atoms with van der Waals surface area (Å²) in [6.45, 7) is 0.632. The Morgan fingerprint density at radius 1 is 1.22 bits per heavy atom. The molecule has 0 aliphatic heterocycles. The van der Waals surface area contributed by atoms with Crippen LogP contribution in [0.2, 0.25) is 0 Å². The van der Waals surface area contributed by atoms with E-state index in [9.17, 15) is 4.79 Å². The van der Waals surface area contributed by atoms with Crippen molar-refractivity contribution in [1.82, 2.24) is 9.55 Å². The van der Waals surface area contributed by atoms with Gasteiger partial charge >= 0.3 is 5.97 Å². The summed E-state index contributed by atoms with van der Waals surface area (Å²) >= 11 is 3.48. The first kappa shape index (κ1) is 15.5. The zero-order chi connectivity index (χ0) is 16.2. The third kappa shape index (κ3) is 3.51. The van der Waals surface area contributed by atoms with E-state index in [0.717, 1.165) is 21.4 Å². The van der Waals surface area contributed by atoms with Crippen molar-refractivity contribution in [2.24, 2.45) is 0 Å². The Bertz CT molecular complexity index is 842. The van der Waals surface area contributed by atoms with Gasteiger partial charge in [-0.1, -0.05) is 40.2 Å². The van der Waals surface area contributed by atoms with Crippen molar-refractivity contribution in [3.8, 4) is 11.4 Å². The van der Waals surface area contributed by atoms with Gasteiger partial charge in [0.1, 0.15) is 5.82 Å². The third-order valence-corrected chi connectivity index (χ3v) is 3.99. The van der Waals surface area contributed by atoms with Crippen molar-refractivity contribution >= 4 is 21.9 Å². The van der Waals surface area contributed by atoms with E-state index in [1.54, 1.807) is 12.3 Å². The lowest BCUT2D eigenvalue weighted by Gasteiger charge is -2.09. The minimum Gasteiger partial charge on any atom is -0.465 e. The summed E-state index contributed by atoms with van der Waals surface area (Å²) in [5, 5.41) is 0. The number of nitrogens with zero attached hydrogens (tertiary/aromatic N) is 2. The number of methoxy groups -OCH3 is 1. The first-order chi connectivity index (χ1) is 11.2. The van der Waals surface area contributed by atoms with E-state index in [1.807, 2.05) is 48.7 Å². The van der Waals surface area contributed by atoms with Crippen LogP contribution in [0.1, 0.15) is 15.9 Å². The Balaban J connectivity index is 1.90. The van der Waals surface area contributed by atoms with Crippen LogP contribution in [0.4, 0.5) is 0 Å². The predicted molar refractivity (Wildman–Crippen MR) is 92.2 cm³/mol. The molecule has 3 aromatic rings. The van der Waals surface area contributed by atoms with Crippen LogP contribution in [0.15, 0.2) is 65.4 Å².